The van der Waals surface area contributed by atoms with E-state index in [0.717, 1.165) is 35.9 Å². The fraction of sp³-hybridized carbons (Fsp3) is 0.316. The lowest BCUT2D eigenvalue weighted by Crippen LogP contribution is -2.44. The van der Waals surface area contributed by atoms with Crippen molar-refractivity contribution in [2.75, 3.05) is 31.6 Å². The molecule has 1 heterocycles. The Hall–Kier alpha value is -2.24. The first kappa shape index (κ1) is 17.6. The van der Waals surface area contributed by atoms with Crippen LogP contribution in [0.15, 0.2) is 47.5 Å². The summed E-state index contributed by atoms with van der Waals surface area (Å²) in [7, 11) is 0. The van der Waals surface area contributed by atoms with Crippen molar-refractivity contribution in [2.45, 2.75) is 13.5 Å². The number of benzene rings is 2. The number of anilines is 1. The molecule has 0 bridgehead atoms. The largest absolute Gasteiger partial charge is 0.508 e. The number of halogens is 1. The molecule has 0 aliphatic carbocycles. The topological polar surface area (TPSA) is 57.1 Å². The molecule has 0 aromatic heterocycles. The second-order valence-electron chi connectivity index (χ2n) is 5.95. The van der Waals surface area contributed by atoms with E-state index in [1.54, 1.807) is 12.1 Å². The monoisotopic (exact) mass is 359 g/mol. The Labute approximate surface area is 152 Å². The molecular weight excluding hydrogens is 338 g/mol. The number of rotatable bonds is 3. The Morgan fingerprint density at radius 1 is 1.24 bits per heavy atom. The van der Waals surface area contributed by atoms with Crippen LogP contribution >= 0.6 is 11.6 Å². The third-order valence-corrected chi connectivity index (χ3v) is 4.49. The Morgan fingerprint density at radius 2 is 2.00 bits per heavy atom. The lowest BCUT2D eigenvalue weighted by molar-refractivity contribution is 0.0679. The molecule has 0 spiro atoms. The third-order valence-electron chi connectivity index (χ3n) is 4.12. The number of nitrogens with zero attached hydrogens (tertiary/aromatic N) is 2. The van der Waals surface area contributed by atoms with Crippen molar-refractivity contribution >= 4 is 23.2 Å². The van der Waals surface area contributed by atoms with Crippen molar-refractivity contribution in [1.82, 2.24) is 4.90 Å². The molecule has 3 rings (SSSR count). The summed E-state index contributed by atoms with van der Waals surface area (Å²) in [6.07, 6.45) is 0. The number of phenols is 1. The van der Waals surface area contributed by atoms with Crippen molar-refractivity contribution in [3.05, 3.63) is 58.6 Å². The molecule has 1 aliphatic heterocycles. The van der Waals surface area contributed by atoms with Crippen molar-refractivity contribution in [2.24, 2.45) is 4.99 Å². The van der Waals surface area contributed by atoms with E-state index in [2.05, 4.69) is 10.2 Å². The average Bonchev–Trinajstić information content (AvgIpc) is 2.62. The first-order valence-corrected chi connectivity index (χ1v) is 8.68. The number of aliphatic imine (C=N–C) groups is 1. The number of phenolic OH excluding ortho intramolecular Hbond substituents is 1. The van der Waals surface area contributed by atoms with Gasteiger partial charge in [-0.1, -0.05) is 29.8 Å². The standard InChI is InChI=1S/C19H22ClN3O2/c1-14-12-16(24)6-7-18(14)22-19(23-8-10-25-11-9-23)21-13-15-4-2-3-5-17(15)20/h2-7,12,24H,8-11,13H2,1H3,(H,21,22). The van der Waals surface area contributed by atoms with Crippen molar-refractivity contribution in [3.63, 3.8) is 0 Å². The molecule has 0 radical (unpaired) electrons. The van der Waals surface area contributed by atoms with Crippen LogP contribution in [-0.2, 0) is 11.3 Å². The maximum atomic E-state index is 9.60. The van der Waals surface area contributed by atoms with E-state index in [-0.39, 0.29) is 5.75 Å². The van der Waals surface area contributed by atoms with Gasteiger partial charge >= 0.3 is 0 Å². The fourth-order valence-electron chi connectivity index (χ4n) is 2.69. The summed E-state index contributed by atoms with van der Waals surface area (Å²) >= 11 is 6.25. The van der Waals surface area contributed by atoms with Crippen LogP contribution in [0.4, 0.5) is 5.69 Å². The molecule has 2 aromatic carbocycles. The van der Waals surface area contributed by atoms with Gasteiger partial charge in [0.05, 0.1) is 19.8 Å². The van der Waals surface area contributed by atoms with Gasteiger partial charge in [-0.05, 0) is 42.3 Å². The molecule has 2 N–H and O–H groups in total. The molecule has 1 fully saturated rings. The van der Waals surface area contributed by atoms with E-state index in [9.17, 15) is 5.11 Å². The van der Waals surface area contributed by atoms with Gasteiger partial charge in [0.2, 0.25) is 0 Å². The van der Waals surface area contributed by atoms with E-state index in [1.807, 2.05) is 37.3 Å². The highest BCUT2D eigenvalue weighted by atomic mass is 35.5. The molecule has 1 saturated heterocycles. The summed E-state index contributed by atoms with van der Waals surface area (Å²) < 4.78 is 5.44. The zero-order valence-electron chi connectivity index (χ0n) is 14.2. The molecule has 0 unspecified atom stereocenters. The molecule has 5 nitrogen and oxygen atoms in total. The van der Waals surface area contributed by atoms with Crippen LogP contribution in [0.3, 0.4) is 0 Å². The van der Waals surface area contributed by atoms with Crippen LogP contribution in [0.25, 0.3) is 0 Å². The van der Waals surface area contributed by atoms with E-state index < -0.39 is 0 Å². The molecule has 25 heavy (non-hydrogen) atoms. The van der Waals surface area contributed by atoms with Gasteiger partial charge in [0.25, 0.3) is 0 Å². The number of ether oxygens (including phenoxy) is 1. The molecule has 0 amide bonds. The van der Waals surface area contributed by atoms with Crippen molar-refractivity contribution in [1.29, 1.82) is 0 Å². The minimum Gasteiger partial charge on any atom is -0.508 e. The number of aromatic hydroxyl groups is 1. The van der Waals surface area contributed by atoms with Crippen LogP contribution in [0.1, 0.15) is 11.1 Å². The van der Waals surface area contributed by atoms with Crippen molar-refractivity contribution in [3.8, 4) is 5.75 Å². The number of hydrogen-bond donors (Lipinski definition) is 2. The highest BCUT2D eigenvalue weighted by Crippen LogP contribution is 2.21. The molecule has 0 saturated carbocycles. The molecule has 0 atom stereocenters. The Kier molecular flexibility index (Phi) is 5.79. The second kappa shape index (κ2) is 8.23. The minimum atomic E-state index is 0.254. The predicted molar refractivity (Wildman–Crippen MR) is 101 cm³/mol. The number of hydrogen-bond acceptors (Lipinski definition) is 3. The van der Waals surface area contributed by atoms with Gasteiger partial charge in [-0.25, -0.2) is 4.99 Å². The lowest BCUT2D eigenvalue weighted by Gasteiger charge is -2.30. The summed E-state index contributed by atoms with van der Waals surface area (Å²) in [4.78, 5) is 6.94. The third kappa shape index (κ3) is 4.65. The first-order valence-electron chi connectivity index (χ1n) is 8.30. The van der Waals surface area contributed by atoms with E-state index in [4.69, 9.17) is 21.3 Å². The van der Waals surface area contributed by atoms with Crippen LogP contribution in [-0.4, -0.2) is 42.3 Å². The van der Waals surface area contributed by atoms with Crippen LogP contribution in [0.2, 0.25) is 5.02 Å². The van der Waals surface area contributed by atoms with Crippen LogP contribution < -0.4 is 5.32 Å². The van der Waals surface area contributed by atoms with Crippen LogP contribution in [0.5, 0.6) is 5.75 Å². The predicted octanol–water partition coefficient (Wildman–Crippen LogP) is 3.65. The minimum absolute atomic E-state index is 0.254. The number of nitrogens with one attached hydrogen (secondary N) is 1. The van der Waals surface area contributed by atoms with Gasteiger partial charge in [-0.3, -0.25) is 0 Å². The maximum Gasteiger partial charge on any atom is 0.198 e. The number of guanidine groups is 1. The fourth-order valence-corrected chi connectivity index (χ4v) is 2.88. The quantitative estimate of drug-likeness (QED) is 0.499. The van der Waals surface area contributed by atoms with Gasteiger partial charge in [0, 0.05) is 23.8 Å². The van der Waals surface area contributed by atoms with E-state index in [0.29, 0.717) is 24.8 Å². The smallest absolute Gasteiger partial charge is 0.198 e. The van der Waals surface area contributed by atoms with Crippen molar-refractivity contribution < 1.29 is 9.84 Å². The van der Waals surface area contributed by atoms with Gasteiger partial charge in [-0.2, -0.15) is 0 Å². The maximum absolute atomic E-state index is 9.60. The number of aryl methyl sites for hydroxylation is 1. The highest BCUT2D eigenvalue weighted by molar-refractivity contribution is 6.31. The second-order valence-corrected chi connectivity index (χ2v) is 6.36. The van der Waals surface area contributed by atoms with E-state index in [1.165, 1.54) is 0 Å². The highest BCUT2D eigenvalue weighted by Gasteiger charge is 2.16. The van der Waals surface area contributed by atoms with Gasteiger partial charge in [0.15, 0.2) is 5.96 Å². The summed E-state index contributed by atoms with van der Waals surface area (Å²) in [5.41, 5.74) is 2.86. The summed E-state index contributed by atoms with van der Waals surface area (Å²) in [6.45, 7) is 5.38. The summed E-state index contributed by atoms with van der Waals surface area (Å²) in [5, 5.41) is 13.7. The van der Waals surface area contributed by atoms with Crippen LogP contribution in [0, 0.1) is 6.92 Å². The molecule has 132 valence electrons. The first-order chi connectivity index (χ1) is 12.1. The van der Waals surface area contributed by atoms with Gasteiger partial charge in [0.1, 0.15) is 5.75 Å². The number of morpholine rings is 1. The molecule has 1 aliphatic rings. The van der Waals surface area contributed by atoms with Gasteiger partial charge in [-0.15, -0.1) is 0 Å². The average molecular weight is 360 g/mol. The molecule has 2 aromatic rings. The Balaban J connectivity index is 1.83. The molecule has 6 heteroatoms. The normalized spacial score (nSPS) is 15.3. The SMILES string of the molecule is Cc1cc(O)ccc1NC(=NCc1ccccc1Cl)N1CCOCC1. The zero-order chi connectivity index (χ0) is 17.6. The van der Waals surface area contributed by atoms with Gasteiger partial charge < -0.3 is 20.1 Å². The summed E-state index contributed by atoms with van der Waals surface area (Å²) in [5.74, 6) is 1.04. The lowest BCUT2D eigenvalue weighted by atomic mass is 10.2. The Bertz CT molecular complexity index is 758. The van der Waals surface area contributed by atoms with E-state index >= 15 is 0 Å². The summed E-state index contributed by atoms with van der Waals surface area (Å²) in [6, 6.07) is 13.0. The Morgan fingerprint density at radius 3 is 2.72 bits per heavy atom. The molecular formula is C19H22ClN3O2. The zero-order valence-corrected chi connectivity index (χ0v) is 15.0.